The van der Waals surface area contributed by atoms with Gasteiger partial charge in [0.2, 0.25) is 0 Å². The van der Waals surface area contributed by atoms with Crippen molar-refractivity contribution in [1.82, 2.24) is 4.90 Å². The summed E-state index contributed by atoms with van der Waals surface area (Å²) in [7, 11) is 2.08. The Balaban J connectivity index is 2.54. The lowest BCUT2D eigenvalue weighted by Crippen LogP contribution is -2.08. The highest BCUT2D eigenvalue weighted by atomic mass is 79.9. The van der Waals surface area contributed by atoms with Gasteiger partial charge in [-0.05, 0) is 22.4 Å². The van der Waals surface area contributed by atoms with Crippen LogP contribution >= 0.6 is 15.9 Å². The molecule has 0 N–H and O–H groups in total. The fourth-order valence-electron chi connectivity index (χ4n) is 0.640. The van der Waals surface area contributed by atoms with Crippen molar-refractivity contribution in [2.24, 2.45) is 0 Å². The molecule has 0 aromatic heterocycles. The van der Waals surface area contributed by atoms with Crippen LogP contribution in [0.3, 0.4) is 0 Å². The molecule has 40 valence electrons. The number of nitrogens with zero attached hydrogens (tertiary/aromatic N) is 1. The van der Waals surface area contributed by atoms with Crippen LogP contribution in [0.2, 0.25) is 0 Å². The molecular formula is C5H8BrN. The highest BCUT2D eigenvalue weighted by Gasteiger charge is 2.04. The Morgan fingerprint density at radius 1 is 1.86 bits per heavy atom. The standard InChI is InChI=1S/C5H8BrN/c1-7-4-2-3-5(7)6/h3H,2,4H2,1H3. The third kappa shape index (κ3) is 0.969. The zero-order valence-electron chi connectivity index (χ0n) is 4.32. The van der Waals surface area contributed by atoms with Crippen molar-refractivity contribution in [3.8, 4) is 0 Å². The average Bonchev–Trinajstić information content (AvgIpc) is 1.91. The Morgan fingerprint density at radius 3 is 2.71 bits per heavy atom. The van der Waals surface area contributed by atoms with Gasteiger partial charge >= 0.3 is 0 Å². The number of hydrogen-bond acceptors (Lipinski definition) is 1. The van der Waals surface area contributed by atoms with Gasteiger partial charge < -0.3 is 4.90 Å². The smallest absolute Gasteiger partial charge is 0.0763 e. The second-order valence-corrected chi connectivity index (χ2v) is 2.55. The quantitative estimate of drug-likeness (QED) is 0.488. The topological polar surface area (TPSA) is 3.24 Å². The second kappa shape index (κ2) is 1.86. The van der Waals surface area contributed by atoms with Crippen LogP contribution in [-0.2, 0) is 0 Å². The maximum absolute atomic E-state index is 3.39. The minimum Gasteiger partial charge on any atom is -0.369 e. The van der Waals surface area contributed by atoms with Crippen LogP contribution in [0.5, 0.6) is 0 Å². The molecule has 7 heavy (non-hydrogen) atoms. The van der Waals surface area contributed by atoms with Gasteiger partial charge in [-0.25, -0.2) is 0 Å². The first-order chi connectivity index (χ1) is 3.30. The molecule has 0 radical (unpaired) electrons. The largest absolute Gasteiger partial charge is 0.369 e. The van der Waals surface area contributed by atoms with Gasteiger partial charge in [-0.15, -0.1) is 0 Å². The van der Waals surface area contributed by atoms with Crippen LogP contribution in [0.1, 0.15) is 6.42 Å². The van der Waals surface area contributed by atoms with Crippen LogP contribution in [0.15, 0.2) is 10.7 Å². The van der Waals surface area contributed by atoms with E-state index in [1.807, 2.05) is 0 Å². The fraction of sp³-hybridized carbons (Fsp3) is 0.600. The van der Waals surface area contributed by atoms with Crippen molar-refractivity contribution in [3.63, 3.8) is 0 Å². The molecule has 0 atom stereocenters. The van der Waals surface area contributed by atoms with Gasteiger partial charge in [-0.1, -0.05) is 6.08 Å². The van der Waals surface area contributed by atoms with Gasteiger partial charge in [0.25, 0.3) is 0 Å². The maximum atomic E-state index is 3.39. The molecule has 0 aliphatic carbocycles. The Morgan fingerprint density at radius 2 is 2.57 bits per heavy atom. The van der Waals surface area contributed by atoms with Crippen LogP contribution in [0.4, 0.5) is 0 Å². The average molecular weight is 162 g/mol. The van der Waals surface area contributed by atoms with Crippen molar-refractivity contribution >= 4 is 15.9 Å². The van der Waals surface area contributed by atoms with Crippen molar-refractivity contribution in [2.75, 3.05) is 13.6 Å². The molecule has 0 bridgehead atoms. The van der Waals surface area contributed by atoms with Crippen LogP contribution in [-0.4, -0.2) is 18.5 Å². The highest BCUT2D eigenvalue weighted by Crippen LogP contribution is 2.16. The summed E-state index contributed by atoms with van der Waals surface area (Å²) in [6, 6.07) is 0. The first-order valence-corrected chi connectivity index (χ1v) is 3.17. The molecule has 0 spiro atoms. The van der Waals surface area contributed by atoms with E-state index in [0.717, 1.165) is 0 Å². The zero-order valence-corrected chi connectivity index (χ0v) is 5.90. The minimum absolute atomic E-state index is 1.17. The number of rotatable bonds is 0. The molecule has 0 aromatic carbocycles. The van der Waals surface area contributed by atoms with E-state index in [-0.39, 0.29) is 0 Å². The summed E-state index contributed by atoms with van der Waals surface area (Å²) in [5.74, 6) is 0. The van der Waals surface area contributed by atoms with Gasteiger partial charge in [0.15, 0.2) is 0 Å². The Bertz CT molecular complexity index is 98.3. The molecule has 0 amide bonds. The van der Waals surface area contributed by atoms with E-state index in [2.05, 4.69) is 34.0 Å². The third-order valence-electron chi connectivity index (χ3n) is 1.14. The van der Waals surface area contributed by atoms with Crippen LogP contribution in [0, 0.1) is 0 Å². The van der Waals surface area contributed by atoms with Crippen molar-refractivity contribution < 1.29 is 0 Å². The van der Waals surface area contributed by atoms with Crippen LogP contribution in [0.25, 0.3) is 0 Å². The Hall–Kier alpha value is 0.0200. The zero-order chi connectivity index (χ0) is 5.28. The molecule has 1 aliphatic rings. The fourth-order valence-corrected chi connectivity index (χ4v) is 1.05. The van der Waals surface area contributed by atoms with E-state index in [4.69, 9.17) is 0 Å². The molecule has 1 aliphatic heterocycles. The molecule has 1 heterocycles. The summed E-state index contributed by atoms with van der Waals surface area (Å²) in [6.07, 6.45) is 3.37. The number of halogens is 1. The lowest BCUT2D eigenvalue weighted by atomic mass is 10.5. The molecule has 0 saturated heterocycles. The predicted octanol–water partition coefficient (Wildman–Crippen LogP) is 1.56. The van der Waals surface area contributed by atoms with Crippen molar-refractivity contribution in [1.29, 1.82) is 0 Å². The Kier molecular flexibility index (Phi) is 1.38. The van der Waals surface area contributed by atoms with E-state index >= 15 is 0 Å². The van der Waals surface area contributed by atoms with E-state index in [0.29, 0.717) is 0 Å². The first-order valence-electron chi connectivity index (χ1n) is 2.37. The minimum atomic E-state index is 1.17. The molecular weight excluding hydrogens is 154 g/mol. The molecule has 0 unspecified atom stereocenters. The van der Waals surface area contributed by atoms with Gasteiger partial charge in [0.1, 0.15) is 0 Å². The summed E-state index contributed by atoms with van der Waals surface area (Å²) in [5, 5.41) is 0. The monoisotopic (exact) mass is 161 g/mol. The Labute approximate surface area is 52.1 Å². The molecule has 1 rings (SSSR count). The van der Waals surface area contributed by atoms with Crippen molar-refractivity contribution in [2.45, 2.75) is 6.42 Å². The normalized spacial score (nSPS) is 20.3. The van der Waals surface area contributed by atoms with Gasteiger partial charge in [0, 0.05) is 13.6 Å². The molecule has 1 nitrogen and oxygen atoms in total. The van der Waals surface area contributed by atoms with E-state index in [9.17, 15) is 0 Å². The maximum Gasteiger partial charge on any atom is 0.0763 e. The lowest BCUT2D eigenvalue weighted by Gasteiger charge is -2.08. The second-order valence-electron chi connectivity index (χ2n) is 1.74. The lowest BCUT2D eigenvalue weighted by molar-refractivity contribution is 0.488. The van der Waals surface area contributed by atoms with Gasteiger partial charge in [0.05, 0.1) is 4.61 Å². The molecule has 0 saturated carbocycles. The molecule has 0 fully saturated rings. The summed E-state index contributed by atoms with van der Waals surface area (Å²) in [4.78, 5) is 2.18. The van der Waals surface area contributed by atoms with E-state index in [1.54, 1.807) is 0 Å². The third-order valence-corrected chi connectivity index (χ3v) is 2.07. The number of hydrogen-bond donors (Lipinski definition) is 0. The van der Waals surface area contributed by atoms with Gasteiger partial charge in [-0.2, -0.15) is 0 Å². The summed E-state index contributed by atoms with van der Waals surface area (Å²) >= 11 is 3.39. The SMILES string of the molecule is CN1CCC=C1Br. The summed E-state index contributed by atoms with van der Waals surface area (Å²) < 4.78 is 1.23. The highest BCUT2D eigenvalue weighted by molar-refractivity contribution is 9.11. The molecule has 2 heteroatoms. The summed E-state index contributed by atoms with van der Waals surface area (Å²) in [5.41, 5.74) is 0. The molecule has 0 aromatic rings. The van der Waals surface area contributed by atoms with E-state index < -0.39 is 0 Å². The first kappa shape index (κ1) is 5.16. The summed E-state index contributed by atoms with van der Waals surface area (Å²) in [6.45, 7) is 1.17. The predicted molar refractivity (Wildman–Crippen MR) is 34.3 cm³/mol. The van der Waals surface area contributed by atoms with E-state index in [1.165, 1.54) is 17.6 Å². The van der Waals surface area contributed by atoms with Crippen LogP contribution < -0.4 is 0 Å². The van der Waals surface area contributed by atoms with Crippen molar-refractivity contribution in [3.05, 3.63) is 10.7 Å². The van der Waals surface area contributed by atoms with Gasteiger partial charge in [-0.3, -0.25) is 0 Å².